The first-order valence-electron chi connectivity index (χ1n) is 19.8. The van der Waals surface area contributed by atoms with Crippen molar-refractivity contribution in [2.45, 2.75) is 150 Å². The van der Waals surface area contributed by atoms with E-state index in [1.165, 1.54) is 0 Å². The number of hydrogen-bond acceptors (Lipinski definition) is 27. The van der Waals surface area contributed by atoms with Gasteiger partial charge in [-0.3, -0.25) is 28.3 Å². The van der Waals surface area contributed by atoms with Gasteiger partial charge >= 0.3 is 41.5 Å². The number of nitrogens with two attached hydrogens (primary N) is 1. The minimum absolute atomic E-state index is 0. The summed E-state index contributed by atoms with van der Waals surface area (Å²) in [7, 11) is -6.02. The number of phosphoric ester groups is 1. The molecule has 0 spiro atoms. The van der Waals surface area contributed by atoms with E-state index in [2.05, 4.69) is 10.6 Å². The van der Waals surface area contributed by atoms with E-state index < -0.39 is 181 Å². The van der Waals surface area contributed by atoms with Crippen LogP contribution in [0.5, 0.6) is 0 Å². The zero-order valence-electron chi connectivity index (χ0n) is 35.8. The first-order valence-corrected chi connectivity index (χ1v) is 21.2. The van der Waals surface area contributed by atoms with Gasteiger partial charge in [0.25, 0.3) is 7.82 Å². The topological polar surface area (TPSA) is 442 Å². The predicted octanol–water partition coefficient (Wildman–Crippen LogP) is -11.8. The molecule has 4 heterocycles. The number of hydrogen-bond donors (Lipinski definition) is 12. The molecule has 4 aliphatic rings. The Kier molecular flexibility index (Phi) is 22.9. The van der Waals surface area contributed by atoms with E-state index in [0.29, 0.717) is 0 Å². The predicted molar refractivity (Wildman–Crippen MR) is 198 cm³/mol. The third kappa shape index (κ3) is 14.7. The number of nitrogens with one attached hydrogen (secondary N) is 2. The van der Waals surface area contributed by atoms with E-state index in [1.807, 2.05) is 0 Å². The van der Waals surface area contributed by atoms with Crippen LogP contribution in [0.2, 0.25) is 0 Å². The number of ether oxygens (including phenoxy) is 9. The third-order valence-corrected chi connectivity index (χ3v) is 11.1. The maximum atomic E-state index is 13.7. The molecule has 2 amide bonds. The Morgan fingerprint density at radius 2 is 0.954 bits per heavy atom. The zero-order chi connectivity index (χ0) is 47.8. The smallest absolute Gasteiger partial charge is 0.756 e. The maximum Gasteiger partial charge on any atom is 1.00 e. The molecule has 0 saturated carbocycles. The van der Waals surface area contributed by atoms with Gasteiger partial charge in [-0.15, -0.1) is 0 Å². The molecule has 4 rings (SSSR count). The second kappa shape index (κ2) is 25.8. The van der Waals surface area contributed by atoms with E-state index in [0.717, 1.165) is 27.7 Å². The van der Waals surface area contributed by atoms with Crippen LogP contribution in [-0.2, 0) is 75.4 Å². The van der Waals surface area contributed by atoms with E-state index in [4.69, 9.17) is 57.4 Å². The van der Waals surface area contributed by atoms with Gasteiger partial charge in [0, 0.05) is 34.2 Å². The van der Waals surface area contributed by atoms with Crippen LogP contribution in [0.1, 0.15) is 27.7 Å². The van der Waals surface area contributed by atoms with Crippen molar-refractivity contribution in [1.29, 1.82) is 0 Å². The number of phosphoric acid groups is 1. The molecule has 13 N–H and O–H groups in total. The van der Waals surface area contributed by atoms with Gasteiger partial charge in [-0.2, -0.15) is 0 Å². The number of carbonyl (C=O) groups is 4. The van der Waals surface area contributed by atoms with Gasteiger partial charge in [0.15, 0.2) is 37.4 Å². The molecule has 21 atom stereocenters. The van der Waals surface area contributed by atoms with Crippen molar-refractivity contribution in [2.24, 2.45) is 5.73 Å². The largest absolute Gasteiger partial charge is 1.00 e. The monoisotopic (exact) mass is 977 g/mol. The number of aliphatic hydroxyl groups is 9. The summed E-state index contributed by atoms with van der Waals surface area (Å²) in [5, 5.41) is 100. The van der Waals surface area contributed by atoms with Crippen molar-refractivity contribution in [3.05, 3.63) is 0 Å². The minimum atomic E-state index is -6.02. The second-order valence-corrected chi connectivity index (χ2v) is 16.3. The number of carbonyl (C=O) groups excluding carboxylic acids is 4. The molecule has 0 bridgehead atoms. The van der Waals surface area contributed by atoms with Crippen LogP contribution in [-0.4, -0.2) is 232 Å². The van der Waals surface area contributed by atoms with Crippen molar-refractivity contribution in [2.75, 3.05) is 39.6 Å². The van der Waals surface area contributed by atoms with E-state index in [-0.39, 0.29) is 42.7 Å². The second-order valence-electron chi connectivity index (χ2n) is 14.9. The Bertz CT molecular complexity index is 1610. The van der Waals surface area contributed by atoms with Crippen molar-refractivity contribution in [1.82, 2.24) is 10.6 Å². The van der Waals surface area contributed by atoms with Crippen molar-refractivity contribution in [3.63, 3.8) is 0 Å². The van der Waals surface area contributed by atoms with Crippen molar-refractivity contribution in [3.8, 4) is 0 Å². The summed E-state index contributed by atoms with van der Waals surface area (Å²) in [6.45, 7) is -0.295. The summed E-state index contributed by atoms with van der Waals surface area (Å²) in [6.07, 6.45) is -34.0. The standard InChI is InChI=1S/C34H58N3O26P.Na/c1-11(42)36-19-27(54-13(3)44)21(46)15(7-38)56-31(19)61-30-23(48)17(9-40)58-34(25(30)50)63-64(51,52)62-26-18(10-41)59-32(20(37-12(2)43)28(26)55-14(4)45)60-29-22(47)16(8-39)57-33(24(29)49)53-6-5-35;/h15-34,38-41,46-50H,5-10,35H2,1-4H3,(H,36,42)(H,37,43)(H,51,52);/q;+1/p-1/t15-,16-,17-,18-,19-,20-,21-,22+,23+,24-,25-,26-,27-,28-,29+,30+,31+,32+,33+,34-;/m1./s1. The van der Waals surface area contributed by atoms with Crippen LogP contribution < -0.4 is 50.8 Å². The maximum absolute atomic E-state index is 13.7. The first kappa shape index (κ1) is 57.6. The Balaban J connectivity index is 0.0000112. The van der Waals surface area contributed by atoms with Gasteiger partial charge in [0.1, 0.15) is 85.3 Å². The molecule has 370 valence electrons. The molecule has 0 aromatic rings. The van der Waals surface area contributed by atoms with Gasteiger partial charge in [-0.1, -0.05) is 0 Å². The average molecular weight is 978 g/mol. The first-order chi connectivity index (χ1) is 30.1. The fraction of sp³-hybridized carbons (Fsp3) is 0.882. The fourth-order valence-electron chi connectivity index (χ4n) is 7.36. The van der Waals surface area contributed by atoms with E-state index in [1.54, 1.807) is 0 Å². The fourth-order valence-corrected chi connectivity index (χ4v) is 8.40. The molecule has 1 unspecified atom stereocenters. The van der Waals surface area contributed by atoms with E-state index >= 15 is 0 Å². The minimum Gasteiger partial charge on any atom is -0.756 e. The molecule has 0 aromatic carbocycles. The SMILES string of the molecule is CC(=O)N[C@H]1[C@H](O[C@H]2[C@@H](O)[C@@H](CO)O[C@H](OCCN)[C@@H]2O)O[C@H](CO)[C@@H](OP(=O)([O-])O[C@H]2O[C@H](CO)[C@H](O)[C@H](O[C@@H]3O[C@H](CO)[C@@H](O)[C@H](OC(C)=O)[C@H]3NC(C)=O)[C@H]2O)[C@@H]1OC(C)=O.[Na+]. The molecule has 0 aliphatic carbocycles. The Labute approximate surface area is 392 Å². The molecule has 4 fully saturated rings. The number of rotatable bonds is 19. The van der Waals surface area contributed by atoms with Crippen LogP contribution >= 0.6 is 7.82 Å². The van der Waals surface area contributed by atoms with Crippen LogP contribution in [0, 0.1) is 0 Å². The molecule has 65 heavy (non-hydrogen) atoms. The summed E-state index contributed by atoms with van der Waals surface area (Å²) in [6, 6.07) is -3.40. The molecule has 31 heteroatoms. The molecular weight excluding hydrogens is 920 g/mol. The molecule has 0 aromatic heterocycles. The Hall–Kier alpha value is -1.69. The molecular formula is C34H57N3NaO26P. The van der Waals surface area contributed by atoms with Crippen molar-refractivity contribution < 1.29 is 156 Å². The van der Waals surface area contributed by atoms with Crippen LogP contribution in [0.15, 0.2) is 0 Å². The Morgan fingerprint density at radius 3 is 1.38 bits per heavy atom. The van der Waals surface area contributed by atoms with Gasteiger partial charge in [-0.25, -0.2) is 0 Å². The van der Waals surface area contributed by atoms with Crippen LogP contribution in [0.3, 0.4) is 0 Å². The number of esters is 2. The summed E-state index contributed by atoms with van der Waals surface area (Å²) < 4.78 is 73.7. The Morgan fingerprint density at radius 1 is 0.569 bits per heavy atom. The molecule has 0 radical (unpaired) electrons. The number of aliphatic hydroxyl groups excluding tert-OH is 9. The molecule has 4 aliphatic heterocycles. The molecule has 29 nitrogen and oxygen atoms in total. The van der Waals surface area contributed by atoms with Gasteiger partial charge in [-0.05, 0) is 0 Å². The zero-order valence-corrected chi connectivity index (χ0v) is 38.7. The van der Waals surface area contributed by atoms with Gasteiger partial charge < -0.3 is 114 Å². The third-order valence-electron chi connectivity index (χ3n) is 10.1. The van der Waals surface area contributed by atoms with Gasteiger partial charge in [0.05, 0.1) is 33.0 Å². The summed E-state index contributed by atoms with van der Waals surface area (Å²) in [5.41, 5.74) is 5.47. The van der Waals surface area contributed by atoms with E-state index in [9.17, 15) is 74.6 Å². The van der Waals surface area contributed by atoms with Crippen molar-refractivity contribution >= 4 is 31.6 Å². The van der Waals surface area contributed by atoms with Gasteiger partial charge in [0.2, 0.25) is 11.8 Å². The average Bonchev–Trinajstić information content (AvgIpc) is 3.21. The summed E-state index contributed by atoms with van der Waals surface area (Å²) in [4.78, 5) is 62.9. The summed E-state index contributed by atoms with van der Waals surface area (Å²) >= 11 is 0. The van der Waals surface area contributed by atoms with Crippen LogP contribution in [0.4, 0.5) is 0 Å². The summed E-state index contributed by atoms with van der Waals surface area (Å²) in [5.74, 6) is -3.72. The number of amides is 2. The molecule has 4 saturated heterocycles. The normalized spacial score (nSPS) is 40.7. The van der Waals surface area contributed by atoms with Crippen LogP contribution in [0.25, 0.3) is 0 Å². The quantitative estimate of drug-likeness (QED) is 0.0325.